The van der Waals surface area contributed by atoms with Gasteiger partial charge >= 0.3 is 0 Å². The van der Waals surface area contributed by atoms with Crippen molar-refractivity contribution in [2.75, 3.05) is 5.75 Å². The zero-order valence-electron chi connectivity index (χ0n) is 10.7. The first-order valence-electron chi connectivity index (χ1n) is 5.89. The Balaban J connectivity index is 2.14. The molecule has 108 valence electrons. The van der Waals surface area contributed by atoms with Crippen LogP contribution in [0.1, 0.15) is 10.4 Å². The number of nitro groups is 1. The standard InChI is InChI=1S/C14H10BrNO4S/c15-11-4-6-13(7-5-11)21(20)9-14(17)10-2-1-3-12(8-10)16(18)19/h1-8H,9H2. The summed E-state index contributed by atoms with van der Waals surface area (Å²) in [6.45, 7) is 0. The van der Waals surface area contributed by atoms with Gasteiger partial charge < -0.3 is 0 Å². The topological polar surface area (TPSA) is 77.3 Å². The fraction of sp³-hybridized carbons (Fsp3) is 0.0714. The van der Waals surface area contributed by atoms with Crippen LogP contribution in [0.15, 0.2) is 57.9 Å². The molecule has 2 aromatic rings. The predicted molar refractivity (Wildman–Crippen MR) is 82.8 cm³/mol. The molecule has 2 aromatic carbocycles. The minimum Gasteiger partial charge on any atom is -0.293 e. The molecule has 2 rings (SSSR count). The van der Waals surface area contributed by atoms with Crippen LogP contribution in [0, 0.1) is 10.1 Å². The molecule has 21 heavy (non-hydrogen) atoms. The van der Waals surface area contributed by atoms with Gasteiger partial charge in [0.15, 0.2) is 5.78 Å². The second-order valence-corrected chi connectivity index (χ2v) is 6.54. The molecule has 0 aliphatic heterocycles. The Morgan fingerprint density at radius 2 is 1.86 bits per heavy atom. The third-order valence-electron chi connectivity index (χ3n) is 2.72. The monoisotopic (exact) mass is 367 g/mol. The zero-order chi connectivity index (χ0) is 15.4. The van der Waals surface area contributed by atoms with E-state index in [1.807, 2.05) is 0 Å². The second kappa shape index (κ2) is 6.73. The fourth-order valence-corrected chi connectivity index (χ4v) is 2.94. The average Bonchev–Trinajstić information content (AvgIpc) is 2.48. The normalized spacial score (nSPS) is 11.9. The van der Waals surface area contributed by atoms with Crippen molar-refractivity contribution in [1.82, 2.24) is 0 Å². The molecule has 0 amide bonds. The van der Waals surface area contributed by atoms with E-state index in [4.69, 9.17) is 0 Å². The van der Waals surface area contributed by atoms with Gasteiger partial charge in [0.2, 0.25) is 0 Å². The van der Waals surface area contributed by atoms with Crippen molar-refractivity contribution in [2.45, 2.75) is 4.90 Å². The Labute approximate surface area is 131 Å². The highest BCUT2D eigenvalue weighted by molar-refractivity contribution is 9.10. The van der Waals surface area contributed by atoms with Crippen molar-refractivity contribution in [3.05, 3.63) is 68.7 Å². The smallest absolute Gasteiger partial charge is 0.270 e. The highest BCUT2D eigenvalue weighted by Crippen LogP contribution is 2.16. The molecule has 0 aliphatic carbocycles. The molecule has 0 saturated heterocycles. The van der Waals surface area contributed by atoms with Gasteiger partial charge in [0.1, 0.15) is 0 Å². The Morgan fingerprint density at radius 1 is 1.19 bits per heavy atom. The third-order valence-corrected chi connectivity index (χ3v) is 4.57. The van der Waals surface area contributed by atoms with Gasteiger partial charge in [-0.1, -0.05) is 28.1 Å². The van der Waals surface area contributed by atoms with Crippen LogP contribution in [-0.4, -0.2) is 20.7 Å². The molecule has 1 atom stereocenters. The van der Waals surface area contributed by atoms with E-state index in [2.05, 4.69) is 15.9 Å². The van der Waals surface area contributed by atoms with Crippen LogP contribution < -0.4 is 0 Å². The quantitative estimate of drug-likeness (QED) is 0.461. The molecule has 5 nitrogen and oxygen atoms in total. The second-order valence-electron chi connectivity index (χ2n) is 4.17. The molecule has 0 heterocycles. The number of halogens is 1. The summed E-state index contributed by atoms with van der Waals surface area (Å²) in [7, 11) is -1.48. The predicted octanol–water partition coefficient (Wildman–Crippen LogP) is 3.35. The van der Waals surface area contributed by atoms with Crippen molar-refractivity contribution < 1.29 is 13.9 Å². The van der Waals surface area contributed by atoms with E-state index in [1.165, 1.54) is 24.3 Å². The number of non-ortho nitro benzene ring substituents is 1. The molecule has 7 heteroatoms. The lowest BCUT2D eigenvalue weighted by Gasteiger charge is -2.03. The van der Waals surface area contributed by atoms with E-state index in [9.17, 15) is 19.1 Å². The van der Waals surface area contributed by atoms with Gasteiger partial charge in [0.25, 0.3) is 5.69 Å². The van der Waals surface area contributed by atoms with Crippen LogP contribution in [0.3, 0.4) is 0 Å². The number of carbonyl (C=O) groups is 1. The maximum absolute atomic E-state index is 12.1. The summed E-state index contributed by atoms with van der Waals surface area (Å²) in [6.07, 6.45) is 0. The average molecular weight is 368 g/mol. The van der Waals surface area contributed by atoms with Crippen LogP contribution in [0.25, 0.3) is 0 Å². The third kappa shape index (κ3) is 4.05. The van der Waals surface area contributed by atoms with E-state index >= 15 is 0 Å². The number of hydrogen-bond acceptors (Lipinski definition) is 4. The van der Waals surface area contributed by atoms with E-state index < -0.39 is 15.7 Å². The Morgan fingerprint density at radius 3 is 2.48 bits per heavy atom. The molecular weight excluding hydrogens is 358 g/mol. The molecule has 0 radical (unpaired) electrons. The van der Waals surface area contributed by atoms with Crippen molar-refractivity contribution in [1.29, 1.82) is 0 Å². The lowest BCUT2D eigenvalue weighted by Crippen LogP contribution is -2.11. The highest BCUT2D eigenvalue weighted by atomic mass is 79.9. The molecule has 0 N–H and O–H groups in total. The minimum atomic E-state index is -1.48. The number of nitro benzene ring substituents is 1. The summed E-state index contributed by atoms with van der Waals surface area (Å²) in [4.78, 5) is 22.7. The molecule has 0 aliphatic rings. The first kappa shape index (κ1) is 15.5. The van der Waals surface area contributed by atoms with E-state index in [0.717, 1.165) is 4.47 Å². The first-order chi connectivity index (χ1) is 9.97. The SMILES string of the molecule is O=C(CS(=O)c1ccc(Br)cc1)c1cccc([N+](=O)[O-])c1. The number of ketones is 1. The number of benzene rings is 2. The number of nitrogens with zero attached hydrogens (tertiary/aromatic N) is 1. The number of carbonyl (C=O) groups excluding carboxylic acids is 1. The summed E-state index contributed by atoms with van der Waals surface area (Å²) >= 11 is 3.27. The maximum atomic E-state index is 12.1. The summed E-state index contributed by atoms with van der Waals surface area (Å²) < 4.78 is 13.0. The van der Waals surface area contributed by atoms with Gasteiger partial charge in [0, 0.05) is 27.1 Å². The van der Waals surface area contributed by atoms with Crippen LogP contribution in [-0.2, 0) is 10.8 Å². The summed E-state index contributed by atoms with van der Waals surface area (Å²) in [6, 6.07) is 12.2. The maximum Gasteiger partial charge on any atom is 0.270 e. The Kier molecular flexibility index (Phi) is 4.98. The van der Waals surface area contributed by atoms with Gasteiger partial charge in [-0.25, -0.2) is 0 Å². The largest absolute Gasteiger partial charge is 0.293 e. The van der Waals surface area contributed by atoms with Gasteiger partial charge in [-0.15, -0.1) is 0 Å². The van der Waals surface area contributed by atoms with Crippen molar-refractivity contribution in [3.8, 4) is 0 Å². The molecule has 0 bridgehead atoms. The van der Waals surface area contributed by atoms with E-state index in [1.54, 1.807) is 24.3 Å². The number of rotatable bonds is 5. The Bertz CT molecular complexity index is 715. The van der Waals surface area contributed by atoms with Crippen molar-refractivity contribution in [2.24, 2.45) is 0 Å². The summed E-state index contributed by atoms with van der Waals surface area (Å²) in [5.41, 5.74) is 0.0323. The van der Waals surface area contributed by atoms with E-state index in [0.29, 0.717) is 4.90 Å². The molecule has 0 aromatic heterocycles. The molecule has 0 saturated carbocycles. The van der Waals surface area contributed by atoms with Gasteiger partial charge in [-0.3, -0.25) is 19.1 Å². The van der Waals surface area contributed by atoms with Crippen molar-refractivity contribution >= 4 is 38.2 Å². The van der Waals surface area contributed by atoms with Crippen LogP contribution in [0.4, 0.5) is 5.69 Å². The molecule has 0 fully saturated rings. The number of hydrogen-bond donors (Lipinski definition) is 0. The van der Waals surface area contributed by atoms with Gasteiger partial charge in [-0.05, 0) is 24.3 Å². The van der Waals surface area contributed by atoms with Crippen LogP contribution in [0.2, 0.25) is 0 Å². The lowest BCUT2D eigenvalue weighted by atomic mass is 10.1. The molecule has 1 unspecified atom stereocenters. The van der Waals surface area contributed by atoms with Gasteiger partial charge in [0.05, 0.1) is 21.5 Å². The fourth-order valence-electron chi connectivity index (χ4n) is 1.67. The molecular formula is C14H10BrNO4S. The molecule has 0 spiro atoms. The van der Waals surface area contributed by atoms with Gasteiger partial charge in [-0.2, -0.15) is 0 Å². The Hall–Kier alpha value is -1.86. The summed E-state index contributed by atoms with van der Waals surface area (Å²) in [5, 5.41) is 10.7. The van der Waals surface area contributed by atoms with E-state index in [-0.39, 0.29) is 22.8 Å². The summed E-state index contributed by atoms with van der Waals surface area (Å²) in [5.74, 6) is -0.594. The lowest BCUT2D eigenvalue weighted by molar-refractivity contribution is -0.384. The van der Waals surface area contributed by atoms with Crippen LogP contribution in [0.5, 0.6) is 0 Å². The van der Waals surface area contributed by atoms with Crippen LogP contribution >= 0.6 is 15.9 Å². The number of Topliss-reactive ketones (excluding diaryl/α,β-unsaturated/α-hetero) is 1. The van der Waals surface area contributed by atoms with Crippen molar-refractivity contribution in [3.63, 3.8) is 0 Å². The highest BCUT2D eigenvalue weighted by Gasteiger charge is 2.15. The minimum absolute atomic E-state index is 0.157. The zero-order valence-corrected chi connectivity index (χ0v) is 13.1. The first-order valence-corrected chi connectivity index (χ1v) is 8.00.